The monoisotopic (exact) mass is 383 g/mol. The number of amides is 1. The number of hydrogen-bond acceptors (Lipinski definition) is 5. The number of halogens is 1. The molecule has 4 rings (SSSR count). The van der Waals surface area contributed by atoms with Crippen LogP contribution < -0.4 is 10.1 Å². The number of aromatic nitrogens is 2. The second-order valence-corrected chi connectivity index (χ2v) is 7.00. The average Bonchev–Trinajstić information content (AvgIpc) is 3.28. The lowest BCUT2D eigenvalue weighted by atomic mass is 10.1. The smallest absolute Gasteiger partial charge is 0.262 e. The first-order valence-corrected chi connectivity index (χ1v) is 9.04. The topological polar surface area (TPSA) is 77.2 Å². The van der Waals surface area contributed by atoms with Gasteiger partial charge in [-0.05, 0) is 43.2 Å². The Morgan fingerprint density at radius 2 is 2.11 bits per heavy atom. The minimum Gasteiger partial charge on any atom is -0.480 e. The molecule has 0 unspecified atom stereocenters. The molecule has 1 aliphatic heterocycles. The summed E-state index contributed by atoms with van der Waals surface area (Å²) in [4.78, 5) is 17.0. The van der Waals surface area contributed by atoms with E-state index in [4.69, 9.17) is 20.9 Å². The quantitative estimate of drug-likeness (QED) is 0.739. The lowest BCUT2D eigenvalue weighted by Crippen LogP contribution is -2.38. The Bertz CT molecular complexity index is 1000. The summed E-state index contributed by atoms with van der Waals surface area (Å²) in [6.07, 6.45) is -0.119. The Hall–Kier alpha value is -2.86. The summed E-state index contributed by atoms with van der Waals surface area (Å²) in [6, 6.07) is 12.7. The Morgan fingerprint density at radius 1 is 1.30 bits per heavy atom. The number of hydrogen-bond donors (Lipinski definition) is 1. The number of carbonyl (C=O) groups excluding carboxylic acids is 1. The van der Waals surface area contributed by atoms with Crippen molar-refractivity contribution in [3.8, 4) is 17.1 Å². The molecular weight excluding hydrogens is 366 g/mol. The zero-order valence-electron chi connectivity index (χ0n) is 14.9. The summed E-state index contributed by atoms with van der Waals surface area (Å²) < 4.78 is 11.1. The fourth-order valence-electron chi connectivity index (χ4n) is 3.08. The minimum atomic E-state index is -0.598. The fourth-order valence-corrected chi connectivity index (χ4v) is 3.27. The van der Waals surface area contributed by atoms with E-state index >= 15 is 0 Å². The van der Waals surface area contributed by atoms with E-state index in [1.807, 2.05) is 37.3 Å². The second-order valence-electron chi connectivity index (χ2n) is 6.56. The van der Waals surface area contributed by atoms with E-state index in [9.17, 15) is 4.79 Å². The highest BCUT2D eigenvalue weighted by atomic mass is 35.5. The van der Waals surface area contributed by atoms with Gasteiger partial charge in [0.05, 0.1) is 0 Å². The summed E-state index contributed by atoms with van der Waals surface area (Å²) in [5.41, 5.74) is 2.88. The van der Waals surface area contributed by atoms with Gasteiger partial charge in [-0.1, -0.05) is 41.0 Å². The molecule has 6 nitrogen and oxygen atoms in total. The van der Waals surface area contributed by atoms with Crippen molar-refractivity contribution in [1.82, 2.24) is 15.5 Å². The summed E-state index contributed by atoms with van der Waals surface area (Å²) in [7, 11) is 0. The molecule has 1 aromatic heterocycles. The van der Waals surface area contributed by atoms with Crippen LogP contribution in [-0.4, -0.2) is 22.2 Å². The highest BCUT2D eigenvalue weighted by Crippen LogP contribution is 2.31. The fraction of sp³-hybridized carbons (Fsp3) is 0.250. The first kappa shape index (κ1) is 17.5. The molecule has 3 aromatic rings. The molecule has 7 heteroatoms. The summed E-state index contributed by atoms with van der Waals surface area (Å²) >= 11 is 6.00. The number of nitrogens with one attached hydrogen (secondary N) is 1. The van der Waals surface area contributed by atoms with Crippen LogP contribution in [0.25, 0.3) is 11.4 Å². The normalized spacial score (nSPS) is 16.5. The predicted octanol–water partition coefficient (Wildman–Crippen LogP) is 3.88. The van der Waals surface area contributed by atoms with Gasteiger partial charge in [0.1, 0.15) is 11.8 Å². The molecule has 1 N–H and O–H groups in total. The molecule has 0 aliphatic carbocycles. The van der Waals surface area contributed by atoms with Gasteiger partial charge < -0.3 is 14.6 Å². The molecule has 2 heterocycles. The van der Waals surface area contributed by atoms with Crippen molar-refractivity contribution < 1.29 is 14.1 Å². The summed E-state index contributed by atoms with van der Waals surface area (Å²) in [5.74, 6) is 1.31. The zero-order valence-corrected chi connectivity index (χ0v) is 15.7. The first-order valence-electron chi connectivity index (χ1n) is 8.66. The number of rotatable bonds is 4. The highest BCUT2D eigenvalue weighted by Gasteiger charge is 2.31. The van der Waals surface area contributed by atoms with Gasteiger partial charge in [0.2, 0.25) is 11.7 Å². The van der Waals surface area contributed by atoms with Crippen molar-refractivity contribution in [3.05, 3.63) is 64.5 Å². The van der Waals surface area contributed by atoms with Gasteiger partial charge >= 0.3 is 0 Å². The van der Waals surface area contributed by atoms with Crippen LogP contribution in [0.2, 0.25) is 5.02 Å². The highest BCUT2D eigenvalue weighted by molar-refractivity contribution is 6.30. The van der Waals surface area contributed by atoms with E-state index < -0.39 is 12.1 Å². The number of carbonyl (C=O) groups is 1. The van der Waals surface area contributed by atoms with E-state index in [-0.39, 0.29) is 5.91 Å². The van der Waals surface area contributed by atoms with E-state index in [1.54, 1.807) is 19.1 Å². The van der Waals surface area contributed by atoms with Gasteiger partial charge in [-0.15, -0.1) is 0 Å². The number of benzene rings is 2. The molecular formula is C20H18ClN3O3. The standard InChI is InChI=1S/C20H18ClN3O3/c1-11-5-3-4-6-15(11)18-23-20(27-24-18)12(2)22-19(25)17-10-13-9-14(21)7-8-16(13)26-17/h3-9,12,17H,10H2,1-2H3,(H,22,25)/t12-,17+/m1/s1. The molecule has 0 bridgehead atoms. The van der Waals surface area contributed by atoms with Crippen molar-refractivity contribution in [1.29, 1.82) is 0 Å². The lowest BCUT2D eigenvalue weighted by Gasteiger charge is -2.14. The molecule has 0 saturated heterocycles. The van der Waals surface area contributed by atoms with Crippen LogP contribution >= 0.6 is 11.6 Å². The molecule has 0 saturated carbocycles. The van der Waals surface area contributed by atoms with Gasteiger partial charge in [-0.2, -0.15) is 4.98 Å². The molecule has 0 fully saturated rings. The third kappa shape index (κ3) is 3.53. The number of fused-ring (bicyclic) bond motifs is 1. The van der Waals surface area contributed by atoms with Crippen LogP contribution in [0, 0.1) is 6.92 Å². The molecule has 2 aromatic carbocycles. The van der Waals surface area contributed by atoms with Crippen LogP contribution in [0.1, 0.15) is 30.0 Å². The lowest BCUT2D eigenvalue weighted by molar-refractivity contribution is -0.128. The Morgan fingerprint density at radius 3 is 2.93 bits per heavy atom. The van der Waals surface area contributed by atoms with E-state index in [2.05, 4.69) is 15.5 Å². The number of nitrogens with zero attached hydrogens (tertiary/aromatic N) is 2. The largest absolute Gasteiger partial charge is 0.480 e. The Balaban J connectivity index is 1.43. The van der Waals surface area contributed by atoms with Crippen molar-refractivity contribution in [2.45, 2.75) is 32.4 Å². The van der Waals surface area contributed by atoms with Gasteiger partial charge in [-0.3, -0.25) is 4.79 Å². The minimum absolute atomic E-state index is 0.231. The zero-order chi connectivity index (χ0) is 19.0. The van der Waals surface area contributed by atoms with Gasteiger partial charge in [0.25, 0.3) is 5.91 Å². The van der Waals surface area contributed by atoms with Gasteiger partial charge in [0, 0.05) is 17.0 Å². The molecule has 27 heavy (non-hydrogen) atoms. The van der Waals surface area contributed by atoms with Crippen LogP contribution in [0.15, 0.2) is 47.0 Å². The maximum atomic E-state index is 12.6. The van der Waals surface area contributed by atoms with Crippen LogP contribution in [0.4, 0.5) is 0 Å². The number of ether oxygens (including phenoxy) is 1. The third-order valence-corrected chi connectivity index (χ3v) is 4.78. The van der Waals surface area contributed by atoms with Crippen LogP contribution in [-0.2, 0) is 11.2 Å². The van der Waals surface area contributed by atoms with E-state index in [1.165, 1.54) is 0 Å². The van der Waals surface area contributed by atoms with Crippen LogP contribution in [0.3, 0.4) is 0 Å². The average molecular weight is 384 g/mol. The first-order chi connectivity index (χ1) is 13.0. The molecule has 2 atom stereocenters. The van der Waals surface area contributed by atoms with E-state index in [0.29, 0.717) is 28.9 Å². The Kier molecular flexibility index (Phi) is 4.58. The van der Waals surface area contributed by atoms with Crippen molar-refractivity contribution in [2.75, 3.05) is 0 Å². The second kappa shape index (κ2) is 7.04. The van der Waals surface area contributed by atoms with Crippen molar-refractivity contribution in [3.63, 3.8) is 0 Å². The van der Waals surface area contributed by atoms with Crippen molar-refractivity contribution in [2.24, 2.45) is 0 Å². The predicted molar refractivity (Wildman–Crippen MR) is 101 cm³/mol. The van der Waals surface area contributed by atoms with Gasteiger partial charge in [-0.25, -0.2) is 0 Å². The summed E-state index contributed by atoms with van der Waals surface area (Å²) in [5, 5.41) is 7.53. The maximum Gasteiger partial charge on any atom is 0.262 e. The molecule has 1 aliphatic rings. The molecule has 1 amide bonds. The molecule has 0 spiro atoms. The molecule has 138 valence electrons. The number of aryl methyl sites for hydroxylation is 1. The SMILES string of the molecule is Cc1ccccc1-c1noc([C@@H](C)NC(=O)[C@@H]2Cc3cc(Cl)ccc3O2)n1. The van der Waals surface area contributed by atoms with Crippen molar-refractivity contribution >= 4 is 17.5 Å². The van der Waals surface area contributed by atoms with Gasteiger partial charge in [0.15, 0.2) is 6.10 Å². The summed E-state index contributed by atoms with van der Waals surface area (Å²) in [6.45, 7) is 3.78. The van der Waals surface area contributed by atoms with Crippen LogP contribution in [0.5, 0.6) is 5.75 Å². The molecule has 0 radical (unpaired) electrons. The third-order valence-electron chi connectivity index (χ3n) is 4.55. The maximum absolute atomic E-state index is 12.6. The Labute approximate surface area is 161 Å². The van der Waals surface area contributed by atoms with E-state index in [0.717, 1.165) is 16.7 Å².